The molecule has 1 N–H and O–H groups in total. The summed E-state index contributed by atoms with van der Waals surface area (Å²) in [5.41, 5.74) is 4.12. The highest BCUT2D eigenvalue weighted by Crippen LogP contribution is 2.28. The summed E-state index contributed by atoms with van der Waals surface area (Å²) in [5.74, 6) is 0.893. The van der Waals surface area contributed by atoms with Crippen LogP contribution in [0.25, 0.3) is 22.0 Å². The molecule has 150 valence electrons. The molecular formula is C24H26N2O3. The van der Waals surface area contributed by atoms with Crippen molar-refractivity contribution in [2.45, 2.75) is 26.4 Å². The second-order valence-corrected chi connectivity index (χ2v) is 7.45. The van der Waals surface area contributed by atoms with Gasteiger partial charge < -0.3 is 14.7 Å². The number of aliphatic hydroxyl groups excluding tert-OH is 1. The first-order valence-electron chi connectivity index (χ1n) is 10.2. The number of carbonyl (C=O) groups excluding carboxylic acids is 1. The number of esters is 1. The van der Waals surface area contributed by atoms with Crippen LogP contribution >= 0.6 is 0 Å². The molecule has 1 saturated heterocycles. The fourth-order valence-corrected chi connectivity index (χ4v) is 3.88. The summed E-state index contributed by atoms with van der Waals surface area (Å²) in [6.45, 7) is 3.98. The summed E-state index contributed by atoms with van der Waals surface area (Å²) in [6.07, 6.45) is 1.61. The second-order valence-electron chi connectivity index (χ2n) is 7.45. The summed E-state index contributed by atoms with van der Waals surface area (Å²) < 4.78 is 5.16. The predicted octanol–water partition coefficient (Wildman–Crippen LogP) is 4.17. The largest absolute Gasteiger partial charge is 0.466 e. The molecule has 1 aliphatic heterocycles. The molecule has 3 aromatic rings. The van der Waals surface area contributed by atoms with Gasteiger partial charge in [-0.15, -0.1) is 0 Å². The van der Waals surface area contributed by atoms with E-state index in [4.69, 9.17) is 9.72 Å². The van der Waals surface area contributed by atoms with Crippen LogP contribution in [-0.4, -0.2) is 35.8 Å². The minimum Gasteiger partial charge on any atom is -0.466 e. The van der Waals surface area contributed by atoms with Crippen LogP contribution in [0.15, 0.2) is 54.6 Å². The molecule has 0 unspecified atom stereocenters. The molecule has 29 heavy (non-hydrogen) atoms. The number of carbonyl (C=O) groups is 1. The molecule has 0 aliphatic carbocycles. The minimum atomic E-state index is -0.0711. The zero-order chi connectivity index (χ0) is 20.2. The molecule has 1 aromatic heterocycles. The van der Waals surface area contributed by atoms with Gasteiger partial charge in [-0.2, -0.15) is 0 Å². The molecule has 2 heterocycles. The molecule has 5 nitrogen and oxygen atoms in total. The third-order valence-corrected chi connectivity index (χ3v) is 5.58. The summed E-state index contributed by atoms with van der Waals surface area (Å²) >= 11 is 0. The summed E-state index contributed by atoms with van der Waals surface area (Å²) in [4.78, 5) is 19.0. The molecule has 1 aliphatic rings. The van der Waals surface area contributed by atoms with Gasteiger partial charge in [-0.05, 0) is 60.7 Å². The Balaban J connectivity index is 1.49. The molecule has 0 saturated carbocycles. The van der Waals surface area contributed by atoms with E-state index >= 15 is 0 Å². The Hall–Kier alpha value is -2.92. The number of rotatable bonds is 5. The number of ether oxygens (including phenoxy) is 1. The van der Waals surface area contributed by atoms with Crippen molar-refractivity contribution in [2.75, 3.05) is 24.6 Å². The lowest BCUT2D eigenvalue weighted by molar-refractivity contribution is -0.148. The fraction of sp³-hybridized carbons (Fsp3) is 0.333. The van der Waals surface area contributed by atoms with E-state index in [2.05, 4.69) is 35.2 Å². The number of aromatic nitrogens is 1. The van der Waals surface area contributed by atoms with Gasteiger partial charge in [0.15, 0.2) is 0 Å². The number of anilines is 1. The van der Waals surface area contributed by atoms with Gasteiger partial charge in [0.25, 0.3) is 0 Å². The Kier molecular flexibility index (Phi) is 5.76. The molecule has 2 aromatic carbocycles. The molecule has 0 amide bonds. The predicted molar refractivity (Wildman–Crippen MR) is 115 cm³/mol. The third kappa shape index (κ3) is 4.25. The van der Waals surface area contributed by atoms with E-state index in [0.29, 0.717) is 6.61 Å². The smallest absolute Gasteiger partial charge is 0.309 e. The number of benzene rings is 2. The Morgan fingerprint density at radius 3 is 2.48 bits per heavy atom. The zero-order valence-corrected chi connectivity index (χ0v) is 16.7. The summed E-state index contributed by atoms with van der Waals surface area (Å²) in [7, 11) is 0. The topological polar surface area (TPSA) is 62.7 Å². The number of fused-ring (bicyclic) bond motifs is 1. The first-order valence-corrected chi connectivity index (χ1v) is 10.2. The SMILES string of the molecule is CCOC(=O)C1CCN(c2ccc3cc(-c4ccc(CO)cc4)ccc3n2)CC1. The van der Waals surface area contributed by atoms with Crippen LogP contribution in [0.2, 0.25) is 0 Å². The first kappa shape index (κ1) is 19.4. The van der Waals surface area contributed by atoms with Crippen molar-refractivity contribution < 1.29 is 14.6 Å². The van der Waals surface area contributed by atoms with Crippen molar-refractivity contribution in [1.29, 1.82) is 0 Å². The molecule has 0 atom stereocenters. The molecule has 0 bridgehead atoms. The van der Waals surface area contributed by atoms with Crippen LogP contribution < -0.4 is 4.90 Å². The van der Waals surface area contributed by atoms with Gasteiger partial charge in [0.05, 0.1) is 24.6 Å². The van der Waals surface area contributed by atoms with Crippen molar-refractivity contribution in [2.24, 2.45) is 5.92 Å². The van der Waals surface area contributed by atoms with Gasteiger partial charge in [0.1, 0.15) is 5.82 Å². The van der Waals surface area contributed by atoms with Gasteiger partial charge in [0.2, 0.25) is 0 Å². The average Bonchev–Trinajstić information content (AvgIpc) is 2.78. The van der Waals surface area contributed by atoms with E-state index in [9.17, 15) is 9.90 Å². The van der Waals surface area contributed by atoms with Crippen molar-refractivity contribution in [3.63, 3.8) is 0 Å². The van der Waals surface area contributed by atoms with Crippen LogP contribution in [-0.2, 0) is 16.1 Å². The quantitative estimate of drug-likeness (QED) is 0.663. The monoisotopic (exact) mass is 390 g/mol. The number of hydrogen-bond acceptors (Lipinski definition) is 5. The molecule has 5 heteroatoms. The fourth-order valence-electron chi connectivity index (χ4n) is 3.88. The average molecular weight is 390 g/mol. The highest BCUT2D eigenvalue weighted by atomic mass is 16.5. The first-order chi connectivity index (χ1) is 14.2. The van der Waals surface area contributed by atoms with Crippen LogP contribution in [0, 0.1) is 5.92 Å². The van der Waals surface area contributed by atoms with E-state index in [0.717, 1.165) is 59.3 Å². The number of piperidine rings is 1. The molecule has 0 spiro atoms. The van der Waals surface area contributed by atoms with Gasteiger partial charge in [-0.25, -0.2) is 4.98 Å². The maximum atomic E-state index is 11.9. The third-order valence-electron chi connectivity index (χ3n) is 5.58. The molecular weight excluding hydrogens is 364 g/mol. The van der Waals surface area contributed by atoms with E-state index in [-0.39, 0.29) is 18.5 Å². The van der Waals surface area contributed by atoms with E-state index in [1.165, 1.54) is 0 Å². The van der Waals surface area contributed by atoms with Crippen LogP contribution in [0.4, 0.5) is 5.82 Å². The number of hydrogen-bond donors (Lipinski definition) is 1. The Labute approximate surface area is 170 Å². The second kappa shape index (κ2) is 8.62. The van der Waals surface area contributed by atoms with Crippen LogP contribution in [0.5, 0.6) is 0 Å². The molecule has 4 rings (SSSR count). The van der Waals surface area contributed by atoms with Crippen molar-refractivity contribution in [1.82, 2.24) is 4.98 Å². The summed E-state index contributed by atoms with van der Waals surface area (Å²) in [6, 6.07) is 18.4. The normalized spacial score (nSPS) is 14.9. The van der Waals surface area contributed by atoms with Crippen molar-refractivity contribution in [3.8, 4) is 11.1 Å². The zero-order valence-electron chi connectivity index (χ0n) is 16.7. The minimum absolute atomic E-state index is 0.00596. The van der Waals surface area contributed by atoms with Gasteiger partial charge in [-0.3, -0.25) is 4.79 Å². The van der Waals surface area contributed by atoms with Crippen molar-refractivity contribution in [3.05, 3.63) is 60.2 Å². The van der Waals surface area contributed by atoms with Gasteiger partial charge >= 0.3 is 5.97 Å². The lowest BCUT2D eigenvalue weighted by Gasteiger charge is -2.31. The maximum Gasteiger partial charge on any atom is 0.309 e. The Bertz CT molecular complexity index is 993. The highest BCUT2D eigenvalue weighted by Gasteiger charge is 2.26. The standard InChI is InChI=1S/C24H26N2O3/c1-2-29-24(28)19-11-13-26(14-12-19)23-10-8-21-15-20(7-9-22(21)25-23)18-5-3-17(16-27)4-6-18/h3-10,15,19,27H,2,11-14,16H2,1H3. The van der Waals surface area contributed by atoms with Crippen LogP contribution in [0.1, 0.15) is 25.3 Å². The summed E-state index contributed by atoms with van der Waals surface area (Å²) in [5, 5.41) is 10.3. The van der Waals surface area contributed by atoms with E-state index < -0.39 is 0 Å². The highest BCUT2D eigenvalue weighted by molar-refractivity contribution is 5.85. The lowest BCUT2D eigenvalue weighted by atomic mass is 9.97. The maximum absolute atomic E-state index is 11.9. The molecule has 1 fully saturated rings. The molecule has 0 radical (unpaired) electrons. The Morgan fingerprint density at radius 1 is 1.07 bits per heavy atom. The lowest BCUT2D eigenvalue weighted by Crippen LogP contribution is -2.37. The van der Waals surface area contributed by atoms with Crippen molar-refractivity contribution >= 4 is 22.7 Å². The number of nitrogens with zero attached hydrogens (tertiary/aromatic N) is 2. The number of aliphatic hydroxyl groups is 1. The Morgan fingerprint density at radius 2 is 1.79 bits per heavy atom. The van der Waals surface area contributed by atoms with Gasteiger partial charge in [0, 0.05) is 18.5 Å². The van der Waals surface area contributed by atoms with Crippen LogP contribution in [0.3, 0.4) is 0 Å². The van der Waals surface area contributed by atoms with Gasteiger partial charge in [-0.1, -0.05) is 30.3 Å². The van der Waals surface area contributed by atoms with E-state index in [1.807, 2.05) is 31.2 Å². The van der Waals surface area contributed by atoms with E-state index in [1.54, 1.807) is 0 Å². The number of pyridine rings is 1.